The number of anilines is 1. The van der Waals surface area contributed by atoms with Crippen molar-refractivity contribution in [3.63, 3.8) is 0 Å². The number of aryl methyl sites for hydroxylation is 1. The van der Waals surface area contributed by atoms with Crippen molar-refractivity contribution in [2.24, 2.45) is 0 Å². The SMILES string of the molecule is CCCNc1ccnc(Cc2nccn2CC)c1. The second-order valence-corrected chi connectivity index (χ2v) is 4.27. The summed E-state index contributed by atoms with van der Waals surface area (Å²) in [5.41, 5.74) is 2.19. The van der Waals surface area contributed by atoms with Gasteiger partial charge >= 0.3 is 0 Å². The maximum Gasteiger partial charge on any atom is 0.114 e. The molecule has 96 valence electrons. The van der Waals surface area contributed by atoms with Crippen molar-refractivity contribution in [2.75, 3.05) is 11.9 Å². The highest BCUT2D eigenvalue weighted by atomic mass is 15.1. The first-order chi connectivity index (χ1) is 8.83. The molecular formula is C14H20N4. The molecule has 0 spiro atoms. The summed E-state index contributed by atoms with van der Waals surface area (Å²) in [5.74, 6) is 1.07. The fourth-order valence-corrected chi connectivity index (χ4v) is 1.91. The number of imidazole rings is 1. The van der Waals surface area contributed by atoms with Crippen LogP contribution in [0.4, 0.5) is 5.69 Å². The first-order valence-electron chi connectivity index (χ1n) is 6.52. The molecule has 0 aliphatic rings. The molecule has 0 aliphatic carbocycles. The highest BCUT2D eigenvalue weighted by Crippen LogP contribution is 2.11. The zero-order valence-electron chi connectivity index (χ0n) is 11.1. The third-order valence-corrected chi connectivity index (χ3v) is 2.88. The van der Waals surface area contributed by atoms with Crippen LogP contribution in [0.15, 0.2) is 30.7 Å². The lowest BCUT2D eigenvalue weighted by atomic mass is 10.2. The summed E-state index contributed by atoms with van der Waals surface area (Å²) >= 11 is 0. The monoisotopic (exact) mass is 244 g/mol. The Hall–Kier alpha value is -1.84. The minimum Gasteiger partial charge on any atom is -0.385 e. The van der Waals surface area contributed by atoms with E-state index in [0.29, 0.717) is 0 Å². The van der Waals surface area contributed by atoms with Crippen molar-refractivity contribution in [1.29, 1.82) is 0 Å². The minimum atomic E-state index is 0.780. The van der Waals surface area contributed by atoms with Gasteiger partial charge < -0.3 is 9.88 Å². The van der Waals surface area contributed by atoms with Gasteiger partial charge in [0.05, 0.1) is 0 Å². The summed E-state index contributed by atoms with van der Waals surface area (Å²) in [6.45, 7) is 6.22. The van der Waals surface area contributed by atoms with E-state index in [1.54, 1.807) is 0 Å². The molecule has 2 aromatic rings. The van der Waals surface area contributed by atoms with Crippen molar-refractivity contribution in [3.8, 4) is 0 Å². The second kappa shape index (κ2) is 6.19. The molecule has 0 fully saturated rings. The van der Waals surface area contributed by atoms with Crippen molar-refractivity contribution in [1.82, 2.24) is 14.5 Å². The first kappa shape index (κ1) is 12.6. The lowest BCUT2D eigenvalue weighted by Crippen LogP contribution is -2.04. The van der Waals surface area contributed by atoms with Gasteiger partial charge in [-0.15, -0.1) is 0 Å². The molecule has 2 heterocycles. The molecule has 0 unspecified atom stereocenters. The Morgan fingerprint density at radius 1 is 1.22 bits per heavy atom. The van der Waals surface area contributed by atoms with Crippen LogP contribution in [0.2, 0.25) is 0 Å². The first-order valence-corrected chi connectivity index (χ1v) is 6.52. The summed E-state index contributed by atoms with van der Waals surface area (Å²) in [6, 6.07) is 4.11. The minimum absolute atomic E-state index is 0.780. The maximum atomic E-state index is 4.40. The number of hydrogen-bond acceptors (Lipinski definition) is 3. The van der Waals surface area contributed by atoms with Crippen LogP contribution >= 0.6 is 0 Å². The molecule has 0 saturated carbocycles. The van der Waals surface area contributed by atoms with Gasteiger partial charge in [0, 0.05) is 49.5 Å². The summed E-state index contributed by atoms with van der Waals surface area (Å²) in [6.07, 6.45) is 7.61. The van der Waals surface area contributed by atoms with Crippen molar-refractivity contribution in [3.05, 3.63) is 42.2 Å². The van der Waals surface area contributed by atoms with Crippen LogP contribution in [0.25, 0.3) is 0 Å². The van der Waals surface area contributed by atoms with Gasteiger partial charge in [-0.25, -0.2) is 4.98 Å². The van der Waals surface area contributed by atoms with Gasteiger partial charge in [-0.3, -0.25) is 4.98 Å². The number of rotatable bonds is 6. The number of nitrogens with zero attached hydrogens (tertiary/aromatic N) is 3. The fourth-order valence-electron chi connectivity index (χ4n) is 1.91. The molecule has 0 amide bonds. The van der Waals surface area contributed by atoms with Crippen LogP contribution in [0.1, 0.15) is 31.8 Å². The van der Waals surface area contributed by atoms with E-state index >= 15 is 0 Å². The van der Waals surface area contributed by atoms with Crippen LogP contribution in [-0.2, 0) is 13.0 Å². The molecular weight excluding hydrogens is 224 g/mol. The zero-order valence-corrected chi connectivity index (χ0v) is 11.1. The largest absolute Gasteiger partial charge is 0.385 e. The standard InChI is InChI=1S/C14H20N4/c1-3-6-15-12-5-7-16-13(10-12)11-14-17-8-9-18(14)4-2/h5,7-10H,3-4,6,11H2,1-2H3,(H,15,16). The molecule has 0 radical (unpaired) electrons. The molecule has 1 N–H and O–H groups in total. The summed E-state index contributed by atoms with van der Waals surface area (Å²) in [4.78, 5) is 8.78. The molecule has 0 bridgehead atoms. The highest BCUT2D eigenvalue weighted by Gasteiger charge is 2.04. The van der Waals surface area contributed by atoms with Gasteiger partial charge in [0.2, 0.25) is 0 Å². The number of aromatic nitrogens is 3. The van der Waals surface area contributed by atoms with E-state index in [2.05, 4.69) is 39.8 Å². The van der Waals surface area contributed by atoms with Crippen LogP contribution in [0.5, 0.6) is 0 Å². The van der Waals surface area contributed by atoms with Crippen LogP contribution in [-0.4, -0.2) is 21.1 Å². The van der Waals surface area contributed by atoms with E-state index in [1.807, 2.05) is 24.7 Å². The highest BCUT2D eigenvalue weighted by molar-refractivity contribution is 5.43. The number of hydrogen-bond donors (Lipinski definition) is 1. The van der Waals surface area contributed by atoms with Crippen LogP contribution < -0.4 is 5.32 Å². The third-order valence-electron chi connectivity index (χ3n) is 2.88. The van der Waals surface area contributed by atoms with Crippen LogP contribution in [0, 0.1) is 0 Å². The van der Waals surface area contributed by atoms with Crippen molar-refractivity contribution >= 4 is 5.69 Å². The molecule has 0 saturated heterocycles. The van der Waals surface area contributed by atoms with Gasteiger partial charge in [-0.1, -0.05) is 6.92 Å². The van der Waals surface area contributed by atoms with E-state index in [1.165, 1.54) is 0 Å². The van der Waals surface area contributed by atoms with Gasteiger partial charge in [0.15, 0.2) is 0 Å². The topological polar surface area (TPSA) is 42.7 Å². The second-order valence-electron chi connectivity index (χ2n) is 4.27. The molecule has 2 rings (SSSR count). The Bertz CT molecular complexity index is 490. The molecule has 0 atom stereocenters. The normalized spacial score (nSPS) is 10.6. The quantitative estimate of drug-likeness (QED) is 0.849. The molecule has 0 aromatic carbocycles. The van der Waals surface area contributed by atoms with Gasteiger partial charge in [-0.05, 0) is 25.5 Å². The lowest BCUT2D eigenvalue weighted by Gasteiger charge is -2.07. The van der Waals surface area contributed by atoms with E-state index in [4.69, 9.17) is 0 Å². The predicted octanol–water partition coefficient (Wildman–Crippen LogP) is 2.71. The molecule has 4 heteroatoms. The van der Waals surface area contributed by atoms with Gasteiger partial charge in [-0.2, -0.15) is 0 Å². The van der Waals surface area contributed by atoms with Gasteiger partial charge in [0.1, 0.15) is 5.82 Å². The smallest absolute Gasteiger partial charge is 0.114 e. The summed E-state index contributed by atoms with van der Waals surface area (Å²) < 4.78 is 2.15. The fraction of sp³-hybridized carbons (Fsp3) is 0.429. The third kappa shape index (κ3) is 3.09. The summed E-state index contributed by atoms with van der Waals surface area (Å²) in [5, 5.41) is 3.38. The Morgan fingerprint density at radius 2 is 2.11 bits per heavy atom. The molecule has 0 aliphatic heterocycles. The van der Waals surface area contributed by atoms with Crippen molar-refractivity contribution in [2.45, 2.75) is 33.2 Å². The lowest BCUT2D eigenvalue weighted by molar-refractivity contribution is 0.708. The van der Waals surface area contributed by atoms with Crippen LogP contribution in [0.3, 0.4) is 0 Å². The molecule has 4 nitrogen and oxygen atoms in total. The number of nitrogens with one attached hydrogen (secondary N) is 1. The maximum absolute atomic E-state index is 4.40. The Kier molecular flexibility index (Phi) is 4.34. The Balaban J connectivity index is 2.09. The van der Waals surface area contributed by atoms with Crippen molar-refractivity contribution < 1.29 is 0 Å². The zero-order chi connectivity index (χ0) is 12.8. The Morgan fingerprint density at radius 3 is 2.89 bits per heavy atom. The Labute approximate surface area is 108 Å². The van der Waals surface area contributed by atoms with Gasteiger partial charge in [0.25, 0.3) is 0 Å². The van der Waals surface area contributed by atoms with E-state index < -0.39 is 0 Å². The predicted molar refractivity (Wildman–Crippen MR) is 73.7 cm³/mol. The van der Waals surface area contributed by atoms with E-state index in [9.17, 15) is 0 Å². The number of pyridine rings is 1. The molecule has 18 heavy (non-hydrogen) atoms. The summed E-state index contributed by atoms with van der Waals surface area (Å²) in [7, 11) is 0. The average molecular weight is 244 g/mol. The molecule has 2 aromatic heterocycles. The van der Waals surface area contributed by atoms with E-state index in [-0.39, 0.29) is 0 Å². The average Bonchev–Trinajstić information content (AvgIpc) is 2.84. The van der Waals surface area contributed by atoms with E-state index in [0.717, 1.165) is 43.1 Å².